The normalized spacial score (nSPS) is 13.6. The summed E-state index contributed by atoms with van der Waals surface area (Å²) < 4.78 is 0. The largest absolute Gasteiger partial charge is 0.299 e. The lowest BCUT2D eigenvalue weighted by atomic mass is 10.1. The molecule has 0 saturated heterocycles. The van der Waals surface area contributed by atoms with Crippen LogP contribution >= 0.6 is 11.6 Å². The van der Waals surface area contributed by atoms with E-state index in [0.717, 1.165) is 12.4 Å². The molecule has 0 aromatic carbocycles. The Morgan fingerprint density at radius 3 is 2.31 bits per heavy atom. The molecule has 0 saturated carbocycles. The van der Waals surface area contributed by atoms with Gasteiger partial charge in [0.1, 0.15) is 0 Å². The van der Waals surface area contributed by atoms with E-state index in [0.29, 0.717) is 6.04 Å². The van der Waals surface area contributed by atoms with E-state index in [1.807, 2.05) is 0 Å². The smallest absolute Gasteiger partial charge is 0.0351 e. The summed E-state index contributed by atoms with van der Waals surface area (Å²) in [6, 6.07) is 0.704. The molecule has 0 heterocycles. The first kappa shape index (κ1) is 13.2. The van der Waals surface area contributed by atoms with E-state index in [1.54, 1.807) is 0 Å². The van der Waals surface area contributed by atoms with Gasteiger partial charge < -0.3 is 0 Å². The van der Waals surface area contributed by atoms with Crippen LogP contribution in [0.3, 0.4) is 0 Å². The van der Waals surface area contributed by atoms with Crippen LogP contribution in [0, 0.1) is 0 Å². The Bertz CT molecular complexity index is 106. The van der Waals surface area contributed by atoms with Crippen molar-refractivity contribution in [3.05, 3.63) is 0 Å². The first-order valence-corrected chi connectivity index (χ1v) is 6.09. The zero-order valence-corrected chi connectivity index (χ0v) is 10.1. The molecule has 0 aliphatic rings. The third kappa shape index (κ3) is 6.34. The van der Waals surface area contributed by atoms with Crippen molar-refractivity contribution in [3.63, 3.8) is 0 Å². The van der Waals surface area contributed by atoms with Crippen LogP contribution in [0.25, 0.3) is 0 Å². The Kier molecular flexibility index (Phi) is 9.00. The minimum absolute atomic E-state index is 0.704. The van der Waals surface area contributed by atoms with Crippen LogP contribution in [0.15, 0.2) is 0 Å². The number of halogens is 1. The minimum Gasteiger partial charge on any atom is -0.299 e. The number of nitrogens with zero attached hydrogens (tertiary/aromatic N) is 1. The predicted octanol–water partition coefficient (Wildman–Crippen LogP) is 3.52. The average Bonchev–Trinajstić information content (AvgIpc) is 2.12. The molecule has 13 heavy (non-hydrogen) atoms. The van der Waals surface area contributed by atoms with Crippen LogP contribution in [0.4, 0.5) is 0 Å². The topological polar surface area (TPSA) is 3.24 Å². The molecule has 0 N–H and O–H groups in total. The van der Waals surface area contributed by atoms with Crippen LogP contribution in [-0.4, -0.2) is 29.9 Å². The van der Waals surface area contributed by atoms with Gasteiger partial charge in [-0.1, -0.05) is 26.7 Å². The van der Waals surface area contributed by atoms with E-state index in [4.69, 9.17) is 11.6 Å². The lowest BCUT2D eigenvalue weighted by Gasteiger charge is -2.28. The molecule has 0 spiro atoms. The molecule has 0 rings (SSSR count). The molecule has 80 valence electrons. The first-order valence-electron chi connectivity index (χ1n) is 5.56. The summed E-state index contributed by atoms with van der Waals surface area (Å²) in [5.41, 5.74) is 0. The SMILES string of the molecule is CCCCN(CCCl)C(C)CCC. The van der Waals surface area contributed by atoms with Gasteiger partial charge >= 0.3 is 0 Å². The number of alkyl halides is 1. The van der Waals surface area contributed by atoms with Crippen LogP contribution in [0.1, 0.15) is 46.5 Å². The fourth-order valence-electron chi connectivity index (χ4n) is 1.62. The molecule has 0 bridgehead atoms. The van der Waals surface area contributed by atoms with Crippen molar-refractivity contribution in [2.24, 2.45) is 0 Å². The molecule has 0 aliphatic carbocycles. The quantitative estimate of drug-likeness (QED) is 0.549. The Morgan fingerprint density at radius 2 is 1.85 bits per heavy atom. The van der Waals surface area contributed by atoms with Gasteiger partial charge in [-0.05, 0) is 26.3 Å². The lowest BCUT2D eigenvalue weighted by molar-refractivity contribution is 0.207. The van der Waals surface area contributed by atoms with Crippen molar-refractivity contribution in [1.82, 2.24) is 4.90 Å². The molecule has 1 nitrogen and oxygen atoms in total. The monoisotopic (exact) mass is 205 g/mol. The van der Waals surface area contributed by atoms with E-state index >= 15 is 0 Å². The van der Waals surface area contributed by atoms with E-state index in [1.165, 1.54) is 32.2 Å². The maximum atomic E-state index is 5.78. The zero-order chi connectivity index (χ0) is 10.1. The van der Waals surface area contributed by atoms with Crippen LogP contribution in [-0.2, 0) is 0 Å². The molecule has 1 unspecified atom stereocenters. The van der Waals surface area contributed by atoms with Crippen molar-refractivity contribution >= 4 is 11.6 Å². The highest BCUT2D eigenvalue weighted by Gasteiger charge is 2.10. The Balaban J connectivity index is 3.75. The van der Waals surface area contributed by atoms with E-state index < -0.39 is 0 Å². The van der Waals surface area contributed by atoms with Gasteiger partial charge in [-0.15, -0.1) is 11.6 Å². The van der Waals surface area contributed by atoms with Crippen LogP contribution in [0.2, 0.25) is 0 Å². The van der Waals surface area contributed by atoms with Crippen molar-refractivity contribution < 1.29 is 0 Å². The van der Waals surface area contributed by atoms with Gasteiger partial charge in [0.2, 0.25) is 0 Å². The Hall–Kier alpha value is 0.250. The van der Waals surface area contributed by atoms with Gasteiger partial charge in [0.25, 0.3) is 0 Å². The zero-order valence-electron chi connectivity index (χ0n) is 9.35. The van der Waals surface area contributed by atoms with E-state index in [9.17, 15) is 0 Å². The lowest BCUT2D eigenvalue weighted by Crippen LogP contribution is -2.35. The molecular formula is C11H24ClN. The summed E-state index contributed by atoms with van der Waals surface area (Å²) in [6.07, 6.45) is 5.13. The molecular weight excluding hydrogens is 182 g/mol. The Labute approximate surface area is 88.5 Å². The number of hydrogen-bond donors (Lipinski definition) is 0. The summed E-state index contributed by atoms with van der Waals surface area (Å²) in [5.74, 6) is 0.762. The number of unbranched alkanes of at least 4 members (excludes halogenated alkanes) is 1. The second-order valence-corrected chi connectivity index (χ2v) is 4.09. The first-order chi connectivity index (χ1) is 6.26. The van der Waals surface area contributed by atoms with E-state index in [-0.39, 0.29) is 0 Å². The molecule has 0 aromatic rings. The summed E-state index contributed by atoms with van der Waals surface area (Å²) in [5, 5.41) is 0. The Morgan fingerprint density at radius 1 is 1.15 bits per heavy atom. The molecule has 0 aromatic heterocycles. The molecule has 1 atom stereocenters. The van der Waals surface area contributed by atoms with Crippen molar-refractivity contribution in [2.75, 3.05) is 19.0 Å². The maximum absolute atomic E-state index is 5.78. The number of rotatable bonds is 8. The third-order valence-corrected chi connectivity index (χ3v) is 2.67. The highest BCUT2D eigenvalue weighted by molar-refractivity contribution is 6.18. The highest BCUT2D eigenvalue weighted by Crippen LogP contribution is 2.08. The van der Waals surface area contributed by atoms with Gasteiger partial charge in [0, 0.05) is 18.5 Å². The maximum Gasteiger partial charge on any atom is 0.0351 e. The van der Waals surface area contributed by atoms with Crippen LogP contribution < -0.4 is 0 Å². The van der Waals surface area contributed by atoms with Gasteiger partial charge in [0.05, 0.1) is 0 Å². The fourth-order valence-corrected chi connectivity index (χ4v) is 1.84. The number of hydrogen-bond acceptors (Lipinski definition) is 1. The van der Waals surface area contributed by atoms with Gasteiger partial charge in [-0.2, -0.15) is 0 Å². The predicted molar refractivity (Wildman–Crippen MR) is 61.6 cm³/mol. The van der Waals surface area contributed by atoms with Gasteiger partial charge in [0.15, 0.2) is 0 Å². The van der Waals surface area contributed by atoms with Crippen molar-refractivity contribution in [1.29, 1.82) is 0 Å². The van der Waals surface area contributed by atoms with Crippen LogP contribution in [0.5, 0.6) is 0 Å². The minimum atomic E-state index is 0.704. The molecule has 2 heteroatoms. The van der Waals surface area contributed by atoms with E-state index in [2.05, 4.69) is 25.7 Å². The summed E-state index contributed by atoms with van der Waals surface area (Å²) in [6.45, 7) is 9.05. The standard InChI is InChI=1S/C11H24ClN/c1-4-6-9-13(10-8-12)11(3)7-5-2/h11H,4-10H2,1-3H3. The molecule has 0 aliphatic heterocycles. The molecule has 0 amide bonds. The summed E-state index contributed by atoms with van der Waals surface area (Å²) >= 11 is 5.78. The van der Waals surface area contributed by atoms with Crippen molar-refractivity contribution in [3.8, 4) is 0 Å². The van der Waals surface area contributed by atoms with Crippen molar-refractivity contribution in [2.45, 2.75) is 52.5 Å². The van der Waals surface area contributed by atoms with Gasteiger partial charge in [-0.25, -0.2) is 0 Å². The highest BCUT2D eigenvalue weighted by atomic mass is 35.5. The average molecular weight is 206 g/mol. The second kappa shape index (κ2) is 8.83. The summed E-state index contributed by atoms with van der Waals surface area (Å²) in [7, 11) is 0. The summed E-state index contributed by atoms with van der Waals surface area (Å²) in [4.78, 5) is 2.51. The molecule has 0 fully saturated rings. The third-order valence-electron chi connectivity index (χ3n) is 2.50. The van der Waals surface area contributed by atoms with Gasteiger partial charge in [-0.3, -0.25) is 4.90 Å². The second-order valence-electron chi connectivity index (χ2n) is 3.72. The molecule has 0 radical (unpaired) electrons. The fraction of sp³-hybridized carbons (Fsp3) is 1.00.